The lowest BCUT2D eigenvalue weighted by molar-refractivity contribution is -0.164. The minimum absolute atomic E-state index is 0.139. The molecule has 1 aromatic rings. The van der Waals surface area contributed by atoms with Gasteiger partial charge in [0.15, 0.2) is 0 Å². The summed E-state index contributed by atoms with van der Waals surface area (Å²) in [4.78, 5) is 12.2. The molecule has 0 spiro atoms. The Kier molecular flexibility index (Phi) is 6.04. The van der Waals surface area contributed by atoms with Crippen LogP contribution in [0.5, 0.6) is 0 Å². The Hall–Kier alpha value is -1.56. The van der Waals surface area contributed by atoms with Crippen LogP contribution in [0, 0.1) is 5.92 Å². The highest BCUT2D eigenvalue weighted by Crippen LogP contribution is 2.25. The lowest BCUT2D eigenvalue weighted by Gasteiger charge is -2.29. The molecule has 1 heterocycles. The topological polar surface area (TPSA) is 41.1 Å². The molecule has 1 aromatic carbocycles. The molecule has 6 heteroatoms. The molecule has 0 aromatic heterocycles. The monoisotopic (exact) mass is 328 g/mol. The van der Waals surface area contributed by atoms with E-state index in [2.05, 4.69) is 10.6 Å². The average molecular weight is 328 g/mol. The molecular weight excluding hydrogens is 305 g/mol. The van der Waals surface area contributed by atoms with E-state index in [0.717, 1.165) is 5.56 Å². The SMILES string of the molecule is C[C@H]1C[C@@H](C(=O)NC(CCc2ccccc2)C(F)(F)F)CCN1. The molecule has 1 aliphatic heterocycles. The maximum Gasteiger partial charge on any atom is 0.408 e. The predicted octanol–water partition coefficient (Wildman–Crippen LogP) is 3.05. The van der Waals surface area contributed by atoms with Gasteiger partial charge in [-0.05, 0) is 44.7 Å². The number of benzene rings is 1. The summed E-state index contributed by atoms with van der Waals surface area (Å²) < 4.78 is 39.6. The summed E-state index contributed by atoms with van der Waals surface area (Å²) in [5.74, 6) is -0.818. The maximum atomic E-state index is 13.2. The fourth-order valence-corrected chi connectivity index (χ4v) is 2.93. The van der Waals surface area contributed by atoms with E-state index in [1.54, 1.807) is 24.3 Å². The Morgan fingerprint density at radius 2 is 2.04 bits per heavy atom. The lowest BCUT2D eigenvalue weighted by atomic mass is 9.92. The van der Waals surface area contributed by atoms with Crippen molar-refractivity contribution in [2.45, 2.75) is 50.9 Å². The molecule has 1 amide bonds. The number of alkyl halides is 3. The molecule has 1 saturated heterocycles. The van der Waals surface area contributed by atoms with Gasteiger partial charge in [0.25, 0.3) is 0 Å². The molecule has 3 atom stereocenters. The largest absolute Gasteiger partial charge is 0.408 e. The number of amides is 1. The first-order valence-corrected chi connectivity index (χ1v) is 8.00. The van der Waals surface area contributed by atoms with Crippen LogP contribution >= 0.6 is 0 Å². The second kappa shape index (κ2) is 7.81. The van der Waals surface area contributed by atoms with Gasteiger partial charge in [0, 0.05) is 12.0 Å². The predicted molar refractivity (Wildman–Crippen MR) is 82.9 cm³/mol. The molecule has 0 aliphatic carbocycles. The molecule has 0 bridgehead atoms. The van der Waals surface area contributed by atoms with Crippen molar-refractivity contribution in [2.24, 2.45) is 5.92 Å². The van der Waals surface area contributed by atoms with Crippen LogP contribution in [0.3, 0.4) is 0 Å². The zero-order chi connectivity index (χ0) is 16.9. The van der Waals surface area contributed by atoms with Gasteiger partial charge in [0.2, 0.25) is 5.91 Å². The molecule has 3 nitrogen and oxygen atoms in total. The van der Waals surface area contributed by atoms with Gasteiger partial charge in [-0.15, -0.1) is 0 Å². The molecule has 0 saturated carbocycles. The van der Waals surface area contributed by atoms with Crippen molar-refractivity contribution in [1.29, 1.82) is 0 Å². The quantitative estimate of drug-likeness (QED) is 0.872. The Balaban J connectivity index is 1.94. The molecule has 1 aliphatic rings. The molecule has 2 rings (SSSR count). The van der Waals surface area contributed by atoms with Crippen molar-refractivity contribution in [3.8, 4) is 0 Å². The zero-order valence-corrected chi connectivity index (χ0v) is 13.2. The van der Waals surface area contributed by atoms with Gasteiger partial charge in [-0.25, -0.2) is 0 Å². The first-order valence-electron chi connectivity index (χ1n) is 8.00. The Morgan fingerprint density at radius 1 is 1.35 bits per heavy atom. The summed E-state index contributed by atoms with van der Waals surface area (Å²) in [5, 5.41) is 5.42. The number of piperidine rings is 1. The Morgan fingerprint density at radius 3 is 2.65 bits per heavy atom. The van der Waals surface area contributed by atoms with Crippen molar-refractivity contribution in [3.05, 3.63) is 35.9 Å². The molecule has 0 radical (unpaired) electrons. The number of carbonyl (C=O) groups excluding carboxylic acids is 1. The van der Waals surface area contributed by atoms with Crippen LogP contribution in [0.15, 0.2) is 30.3 Å². The second-order valence-electron chi connectivity index (χ2n) is 6.20. The smallest absolute Gasteiger partial charge is 0.344 e. The average Bonchev–Trinajstić information content (AvgIpc) is 2.51. The lowest BCUT2D eigenvalue weighted by Crippen LogP contribution is -2.50. The van der Waals surface area contributed by atoms with Crippen LogP contribution in [-0.2, 0) is 11.2 Å². The molecule has 1 unspecified atom stereocenters. The summed E-state index contributed by atoms with van der Waals surface area (Å²) in [6.45, 7) is 2.61. The summed E-state index contributed by atoms with van der Waals surface area (Å²) in [6, 6.07) is 7.38. The van der Waals surface area contributed by atoms with E-state index in [1.165, 1.54) is 0 Å². The van der Waals surface area contributed by atoms with Gasteiger partial charge in [0.05, 0.1) is 0 Å². The number of hydrogen-bond donors (Lipinski definition) is 2. The Bertz CT molecular complexity index is 504. The van der Waals surface area contributed by atoms with Gasteiger partial charge < -0.3 is 10.6 Å². The normalized spacial score (nSPS) is 23.3. The van der Waals surface area contributed by atoms with E-state index < -0.39 is 18.1 Å². The van der Waals surface area contributed by atoms with Crippen molar-refractivity contribution in [1.82, 2.24) is 10.6 Å². The van der Waals surface area contributed by atoms with Gasteiger partial charge in [-0.1, -0.05) is 30.3 Å². The van der Waals surface area contributed by atoms with E-state index in [4.69, 9.17) is 0 Å². The standard InChI is InChI=1S/C17H23F3N2O/c1-12-11-14(9-10-21-12)16(23)22-15(17(18,19)20)8-7-13-5-3-2-4-6-13/h2-6,12,14-15,21H,7-11H2,1H3,(H,22,23)/t12-,14-,15?/m0/s1. The second-order valence-corrected chi connectivity index (χ2v) is 6.20. The van der Waals surface area contributed by atoms with E-state index in [9.17, 15) is 18.0 Å². The van der Waals surface area contributed by atoms with E-state index in [0.29, 0.717) is 19.4 Å². The van der Waals surface area contributed by atoms with Gasteiger partial charge in [0.1, 0.15) is 6.04 Å². The number of carbonyl (C=O) groups is 1. The third-order valence-electron chi connectivity index (χ3n) is 4.27. The number of halogens is 3. The fourth-order valence-electron chi connectivity index (χ4n) is 2.93. The molecule has 23 heavy (non-hydrogen) atoms. The number of nitrogens with one attached hydrogen (secondary N) is 2. The van der Waals surface area contributed by atoms with Gasteiger partial charge in [-0.3, -0.25) is 4.79 Å². The first-order chi connectivity index (χ1) is 10.9. The maximum absolute atomic E-state index is 13.2. The summed E-state index contributed by atoms with van der Waals surface area (Å²) >= 11 is 0. The summed E-state index contributed by atoms with van der Waals surface area (Å²) in [6.07, 6.45) is -3.12. The first kappa shape index (κ1) is 17.8. The highest BCUT2D eigenvalue weighted by molar-refractivity contribution is 5.79. The fraction of sp³-hybridized carbons (Fsp3) is 0.588. The van der Waals surface area contributed by atoms with Crippen LogP contribution in [0.2, 0.25) is 0 Å². The van der Waals surface area contributed by atoms with Gasteiger partial charge >= 0.3 is 6.18 Å². The van der Waals surface area contributed by atoms with E-state index >= 15 is 0 Å². The minimum atomic E-state index is -4.43. The van der Waals surface area contributed by atoms with Crippen LogP contribution in [0.25, 0.3) is 0 Å². The van der Waals surface area contributed by atoms with E-state index in [-0.39, 0.29) is 24.8 Å². The summed E-state index contributed by atoms with van der Waals surface area (Å²) in [5.41, 5.74) is 0.839. The van der Waals surface area contributed by atoms with Crippen molar-refractivity contribution >= 4 is 5.91 Å². The zero-order valence-electron chi connectivity index (χ0n) is 13.2. The summed E-state index contributed by atoms with van der Waals surface area (Å²) in [7, 11) is 0. The number of hydrogen-bond acceptors (Lipinski definition) is 2. The molecular formula is C17H23F3N2O. The molecule has 2 N–H and O–H groups in total. The number of aryl methyl sites for hydroxylation is 1. The molecule has 128 valence electrons. The van der Waals surface area contributed by atoms with Crippen LogP contribution in [0.4, 0.5) is 13.2 Å². The van der Waals surface area contributed by atoms with Crippen molar-refractivity contribution in [2.75, 3.05) is 6.54 Å². The highest BCUT2D eigenvalue weighted by atomic mass is 19.4. The molecule has 1 fully saturated rings. The van der Waals surface area contributed by atoms with Crippen LogP contribution < -0.4 is 10.6 Å². The Labute approximate surface area is 134 Å². The minimum Gasteiger partial charge on any atom is -0.344 e. The third kappa shape index (κ3) is 5.53. The van der Waals surface area contributed by atoms with E-state index in [1.807, 2.05) is 13.0 Å². The van der Waals surface area contributed by atoms with Gasteiger partial charge in [-0.2, -0.15) is 13.2 Å². The van der Waals surface area contributed by atoms with Crippen molar-refractivity contribution < 1.29 is 18.0 Å². The van der Waals surface area contributed by atoms with Crippen LogP contribution in [-0.4, -0.2) is 30.7 Å². The third-order valence-corrected chi connectivity index (χ3v) is 4.27. The van der Waals surface area contributed by atoms with Crippen molar-refractivity contribution in [3.63, 3.8) is 0 Å². The van der Waals surface area contributed by atoms with Crippen LogP contribution in [0.1, 0.15) is 31.7 Å². The number of rotatable bonds is 5. The highest BCUT2D eigenvalue weighted by Gasteiger charge is 2.41.